The minimum Gasteiger partial charge on any atom is -0.397 e. The van der Waals surface area contributed by atoms with E-state index in [1.54, 1.807) is 43.0 Å². The molecule has 13 nitrogen and oxygen atoms in total. The second kappa shape index (κ2) is 10.2. The van der Waals surface area contributed by atoms with Gasteiger partial charge in [0, 0.05) is 33.1 Å². The molecule has 2 amide bonds. The maximum absolute atomic E-state index is 12.2. The first-order valence-electron chi connectivity index (χ1n) is 12.1. The molecule has 0 saturated carbocycles. The zero-order valence-electron chi connectivity index (χ0n) is 21.8. The van der Waals surface area contributed by atoms with Crippen molar-refractivity contribution in [3.8, 4) is 0 Å². The van der Waals surface area contributed by atoms with Crippen LogP contribution in [0.5, 0.6) is 0 Å². The van der Waals surface area contributed by atoms with Gasteiger partial charge in [-0.15, -0.1) is 0 Å². The first-order valence-corrected chi connectivity index (χ1v) is 12.1. The van der Waals surface area contributed by atoms with Crippen molar-refractivity contribution in [2.24, 2.45) is 5.11 Å². The molecule has 0 spiro atoms. The number of nitrogen functional groups attached to an aromatic ring is 2. The summed E-state index contributed by atoms with van der Waals surface area (Å²) in [6, 6.07) is 7.04. The Hall–Kier alpha value is -5.81. The van der Waals surface area contributed by atoms with Crippen molar-refractivity contribution >= 4 is 63.5 Å². The number of carbonyl (C=O) groups is 2. The van der Waals surface area contributed by atoms with Crippen LogP contribution in [0.25, 0.3) is 33.7 Å². The molecule has 13 heteroatoms. The number of nitrogens with one attached hydrogen (secondary N) is 4. The second-order valence-corrected chi connectivity index (χ2v) is 9.18. The van der Waals surface area contributed by atoms with Crippen LogP contribution in [-0.2, 0) is 9.59 Å². The highest BCUT2D eigenvalue weighted by Gasteiger charge is 2.29. The minimum atomic E-state index is -0.229. The monoisotopic (exact) mass is 535 g/mol. The molecule has 2 aromatic carbocycles. The number of aromatic nitrogens is 4. The van der Waals surface area contributed by atoms with Crippen LogP contribution in [0.4, 0.5) is 28.4 Å². The largest absolute Gasteiger partial charge is 0.397 e. The summed E-state index contributed by atoms with van der Waals surface area (Å²) >= 11 is 0. The van der Waals surface area contributed by atoms with Crippen LogP contribution in [0.3, 0.4) is 0 Å². The van der Waals surface area contributed by atoms with Crippen LogP contribution < -0.4 is 22.1 Å². The lowest BCUT2D eigenvalue weighted by Crippen LogP contribution is -2.03. The Bertz CT molecular complexity index is 1800. The van der Waals surface area contributed by atoms with E-state index >= 15 is 0 Å². The molecular formula is C27H25N11O2. The Kier molecular flexibility index (Phi) is 6.56. The highest BCUT2D eigenvalue weighted by Crippen LogP contribution is 2.42. The molecule has 6 rings (SSSR count). The molecular weight excluding hydrogens is 510 g/mol. The molecule has 0 bridgehead atoms. The summed E-state index contributed by atoms with van der Waals surface area (Å²) in [5.74, 6) is -0.429. The number of fused-ring (bicyclic) bond motifs is 2. The number of anilines is 4. The molecule has 8 N–H and O–H groups in total. The first kappa shape index (κ1) is 25.8. The molecule has 40 heavy (non-hydrogen) atoms. The Morgan fingerprint density at radius 3 is 1.88 bits per heavy atom. The first-order chi connectivity index (χ1) is 19.2. The third-order valence-corrected chi connectivity index (χ3v) is 6.63. The topological polar surface area (TPSA) is 216 Å². The number of nitrogens with zero attached hydrogens (tertiary/aromatic N) is 5. The highest BCUT2D eigenvalue weighted by atomic mass is 16.2. The number of H-pyrrole nitrogens is 2. The van der Waals surface area contributed by atoms with Crippen molar-refractivity contribution in [1.82, 2.24) is 19.9 Å². The van der Waals surface area contributed by atoms with Crippen molar-refractivity contribution in [2.75, 3.05) is 22.1 Å². The van der Waals surface area contributed by atoms with E-state index in [0.29, 0.717) is 62.1 Å². The normalized spacial score (nSPS) is 15.2. The van der Waals surface area contributed by atoms with E-state index in [-0.39, 0.29) is 11.8 Å². The number of benzene rings is 2. The zero-order valence-corrected chi connectivity index (χ0v) is 21.8. The Morgan fingerprint density at radius 2 is 1.35 bits per heavy atom. The van der Waals surface area contributed by atoms with Gasteiger partial charge in [0.05, 0.1) is 57.9 Å². The average molecular weight is 536 g/mol. The average Bonchev–Trinajstić information content (AvgIpc) is 3.68. The standard InChI is InChI=1S/C14H12N6O.C13H13N5O/c1-7-3-4-10-12(13(7)19-20-15)9(14(21)18-10)5-11-8(2)16-6-17-11;1-6-10(17-5-16-6)4-7-11-9(18-13(7)19)3-2-8(14)12(11)15/h3-6H,1-2H3,(H,16,17)(H,18,21);2-5H,14-15H2,1H3,(H,16,17)(H,18,19)/b9-5-;7-4-. The van der Waals surface area contributed by atoms with E-state index in [9.17, 15) is 9.59 Å². The Morgan fingerprint density at radius 1 is 0.825 bits per heavy atom. The number of hydrogen-bond donors (Lipinski definition) is 6. The van der Waals surface area contributed by atoms with E-state index in [2.05, 4.69) is 40.6 Å². The smallest absolute Gasteiger partial charge is 0.256 e. The summed E-state index contributed by atoms with van der Waals surface area (Å²) in [6.07, 6.45) is 6.56. The lowest BCUT2D eigenvalue weighted by Gasteiger charge is -2.06. The SMILES string of the molecule is Cc1[nH]cnc1/C=C1\C(=O)Nc2ccc(N)c(N)c21.Cc1ccc2c(c1N=[N+]=[N-])/C(=C/c1nc[nH]c1C)C(=O)N2. The number of amides is 2. The summed E-state index contributed by atoms with van der Waals surface area (Å²) in [4.78, 5) is 41.3. The van der Waals surface area contributed by atoms with Crippen molar-refractivity contribution < 1.29 is 9.59 Å². The maximum atomic E-state index is 12.2. The number of aromatic amines is 2. The predicted octanol–water partition coefficient (Wildman–Crippen LogP) is 4.84. The van der Waals surface area contributed by atoms with Gasteiger partial charge in [-0.2, -0.15) is 0 Å². The molecule has 0 radical (unpaired) electrons. The van der Waals surface area contributed by atoms with Gasteiger partial charge in [0.25, 0.3) is 11.8 Å². The van der Waals surface area contributed by atoms with Crippen LogP contribution >= 0.6 is 0 Å². The highest BCUT2D eigenvalue weighted by molar-refractivity contribution is 6.37. The zero-order chi connectivity index (χ0) is 28.6. The molecule has 0 fully saturated rings. The summed E-state index contributed by atoms with van der Waals surface area (Å²) in [7, 11) is 0. The fourth-order valence-corrected chi connectivity index (χ4v) is 4.46. The van der Waals surface area contributed by atoms with Crippen molar-refractivity contribution in [3.63, 3.8) is 0 Å². The molecule has 0 unspecified atom stereocenters. The van der Waals surface area contributed by atoms with Gasteiger partial charge in [0.2, 0.25) is 0 Å². The van der Waals surface area contributed by atoms with E-state index in [4.69, 9.17) is 17.0 Å². The van der Waals surface area contributed by atoms with Gasteiger partial charge >= 0.3 is 0 Å². The number of azide groups is 1. The molecule has 0 saturated heterocycles. The molecule has 4 aromatic rings. The fourth-order valence-electron chi connectivity index (χ4n) is 4.46. The van der Waals surface area contributed by atoms with E-state index in [1.807, 2.05) is 26.8 Å². The maximum Gasteiger partial charge on any atom is 0.256 e. The van der Waals surface area contributed by atoms with Crippen LogP contribution in [0.15, 0.2) is 42.0 Å². The van der Waals surface area contributed by atoms with Crippen LogP contribution in [0.2, 0.25) is 0 Å². The molecule has 0 aliphatic carbocycles. The summed E-state index contributed by atoms with van der Waals surface area (Å²) < 4.78 is 0. The summed E-state index contributed by atoms with van der Waals surface area (Å²) in [5.41, 5.74) is 29.3. The van der Waals surface area contributed by atoms with Crippen LogP contribution in [0.1, 0.15) is 39.5 Å². The van der Waals surface area contributed by atoms with Gasteiger partial charge in [0.1, 0.15) is 0 Å². The van der Waals surface area contributed by atoms with Gasteiger partial charge < -0.3 is 32.1 Å². The van der Waals surface area contributed by atoms with E-state index < -0.39 is 0 Å². The second-order valence-electron chi connectivity index (χ2n) is 9.18. The predicted molar refractivity (Wildman–Crippen MR) is 155 cm³/mol. The lowest BCUT2D eigenvalue weighted by atomic mass is 10.0. The van der Waals surface area contributed by atoms with Crippen molar-refractivity contribution in [3.05, 3.63) is 86.8 Å². The van der Waals surface area contributed by atoms with Crippen LogP contribution in [-0.4, -0.2) is 31.8 Å². The van der Waals surface area contributed by atoms with E-state index in [1.165, 1.54) is 0 Å². The molecule has 2 aliphatic rings. The van der Waals surface area contributed by atoms with Crippen LogP contribution in [0, 0.1) is 20.8 Å². The molecule has 2 aromatic heterocycles. The molecule has 0 atom stereocenters. The van der Waals surface area contributed by atoms with E-state index in [0.717, 1.165) is 17.0 Å². The number of nitrogens with two attached hydrogens (primary N) is 2. The number of carbonyl (C=O) groups excluding carboxylic acids is 2. The van der Waals surface area contributed by atoms with Crippen molar-refractivity contribution in [2.45, 2.75) is 20.8 Å². The van der Waals surface area contributed by atoms with Gasteiger partial charge in [0.15, 0.2) is 0 Å². The molecule has 4 heterocycles. The third kappa shape index (κ3) is 4.52. The molecule has 200 valence electrons. The van der Waals surface area contributed by atoms with Gasteiger partial charge in [-0.05, 0) is 62.2 Å². The lowest BCUT2D eigenvalue weighted by molar-refractivity contribution is -0.111. The minimum absolute atomic E-state index is 0.199. The number of aryl methyl sites for hydroxylation is 3. The quantitative estimate of drug-likeness (QED) is 0.0708. The Balaban J connectivity index is 0.000000162. The number of hydrogen-bond acceptors (Lipinski definition) is 7. The van der Waals surface area contributed by atoms with Gasteiger partial charge in [-0.1, -0.05) is 11.2 Å². The summed E-state index contributed by atoms with van der Waals surface area (Å²) in [5, 5.41) is 9.28. The summed E-state index contributed by atoms with van der Waals surface area (Å²) in [6.45, 7) is 5.60. The number of imidazole rings is 2. The van der Waals surface area contributed by atoms with Crippen molar-refractivity contribution in [1.29, 1.82) is 0 Å². The fraction of sp³-hybridized carbons (Fsp3) is 0.111. The molecule has 2 aliphatic heterocycles. The third-order valence-electron chi connectivity index (χ3n) is 6.63. The Labute approximate surface area is 228 Å². The van der Waals surface area contributed by atoms with Gasteiger partial charge in [-0.3, -0.25) is 9.59 Å². The number of rotatable bonds is 3. The van der Waals surface area contributed by atoms with Gasteiger partial charge in [-0.25, -0.2) is 9.97 Å².